The third-order valence-electron chi connectivity index (χ3n) is 4.33. The zero-order chi connectivity index (χ0) is 14.5. The second kappa shape index (κ2) is 6.94. The second-order valence-corrected chi connectivity index (χ2v) is 5.93. The number of ether oxygens (including phenoxy) is 1. The van der Waals surface area contributed by atoms with Crippen LogP contribution in [0.3, 0.4) is 0 Å². The molecule has 0 saturated carbocycles. The SMILES string of the molecule is O=C1CCc2c(cccc2OCCCN2CCCCC2)N1. The third-order valence-corrected chi connectivity index (χ3v) is 4.33. The van der Waals surface area contributed by atoms with Crippen LogP contribution in [-0.2, 0) is 11.2 Å². The standard InChI is InChI=1S/C17H24N2O2/c20-17-9-8-14-15(18-17)6-4-7-16(14)21-13-5-12-19-10-2-1-3-11-19/h4,6-7H,1-3,5,8-13H2,(H,18,20). The number of piperidine rings is 1. The molecular formula is C17H24N2O2. The molecule has 2 aliphatic rings. The largest absolute Gasteiger partial charge is 0.493 e. The first-order valence-electron chi connectivity index (χ1n) is 8.10. The molecule has 3 rings (SSSR count). The number of benzene rings is 1. The number of hydrogen-bond acceptors (Lipinski definition) is 3. The fourth-order valence-electron chi connectivity index (χ4n) is 3.18. The summed E-state index contributed by atoms with van der Waals surface area (Å²) in [6.45, 7) is 4.37. The number of nitrogens with zero attached hydrogens (tertiary/aromatic N) is 1. The van der Waals surface area contributed by atoms with Crippen molar-refractivity contribution < 1.29 is 9.53 Å². The third kappa shape index (κ3) is 3.76. The number of fused-ring (bicyclic) bond motifs is 1. The summed E-state index contributed by atoms with van der Waals surface area (Å²) in [5.41, 5.74) is 2.06. The van der Waals surface area contributed by atoms with Crippen molar-refractivity contribution in [3.8, 4) is 5.75 Å². The predicted octanol–water partition coefficient (Wildman–Crippen LogP) is 2.83. The van der Waals surface area contributed by atoms with Crippen molar-refractivity contribution in [2.75, 3.05) is 31.6 Å². The highest BCUT2D eigenvalue weighted by Gasteiger charge is 2.18. The zero-order valence-corrected chi connectivity index (χ0v) is 12.6. The van der Waals surface area contributed by atoms with Gasteiger partial charge in [-0.05, 0) is 50.9 Å². The van der Waals surface area contributed by atoms with Crippen LogP contribution in [0.15, 0.2) is 18.2 Å². The maximum Gasteiger partial charge on any atom is 0.224 e. The van der Waals surface area contributed by atoms with Gasteiger partial charge in [-0.2, -0.15) is 0 Å². The first-order valence-corrected chi connectivity index (χ1v) is 8.10. The van der Waals surface area contributed by atoms with Crippen LogP contribution in [0.4, 0.5) is 5.69 Å². The van der Waals surface area contributed by atoms with Crippen molar-refractivity contribution in [1.29, 1.82) is 0 Å². The monoisotopic (exact) mass is 288 g/mol. The van der Waals surface area contributed by atoms with Crippen LogP contribution in [0.25, 0.3) is 0 Å². The van der Waals surface area contributed by atoms with Gasteiger partial charge in [0.25, 0.3) is 0 Å². The van der Waals surface area contributed by atoms with Gasteiger partial charge >= 0.3 is 0 Å². The molecule has 0 spiro atoms. The molecule has 114 valence electrons. The van der Waals surface area contributed by atoms with Gasteiger partial charge in [-0.1, -0.05) is 12.5 Å². The normalized spacial score (nSPS) is 19.0. The Morgan fingerprint density at radius 1 is 1.14 bits per heavy atom. The van der Waals surface area contributed by atoms with Crippen LogP contribution >= 0.6 is 0 Å². The van der Waals surface area contributed by atoms with E-state index in [-0.39, 0.29) is 5.91 Å². The van der Waals surface area contributed by atoms with Crippen molar-refractivity contribution in [2.24, 2.45) is 0 Å². The molecule has 1 saturated heterocycles. The topological polar surface area (TPSA) is 41.6 Å². The molecule has 2 heterocycles. The van der Waals surface area contributed by atoms with E-state index in [9.17, 15) is 4.79 Å². The second-order valence-electron chi connectivity index (χ2n) is 5.93. The molecule has 4 heteroatoms. The molecule has 1 fully saturated rings. The van der Waals surface area contributed by atoms with Crippen molar-refractivity contribution in [3.05, 3.63) is 23.8 Å². The average molecular weight is 288 g/mol. The molecule has 0 radical (unpaired) electrons. The lowest BCUT2D eigenvalue weighted by molar-refractivity contribution is -0.116. The van der Waals surface area contributed by atoms with E-state index in [0.717, 1.165) is 43.0 Å². The zero-order valence-electron chi connectivity index (χ0n) is 12.6. The Bertz CT molecular complexity index is 496. The molecule has 0 aromatic heterocycles. The van der Waals surface area contributed by atoms with E-state index in [4.69, 9.17) is 4.74 Å². The smallest absolute Gasteiger partial charge is 0.224 e. The fraction of sp³-hybridized carbons (Fsp3) is 0.588. The quantitative estimate of drug-likeness (QED) is 0.847. The summed E-state index contributed by atoms with van der Waals surface area (Å²) in [6, 6.07) is 5.91. The Morgan fingerprint density at radius 3 is 2.86 bits per heavy atom. The minimum atomic E-state index is 0.102. The van der Waals surface area contributed by atoms with Gasteiger partial charge in [0.05, 0.1) is 6.61 Å². The van der Waals surface area contributed by atoms with Crippen LogP contribution in [-0.4, -0.2) is 37.0 Å². The van der Waals surface area contributed by atoms with E-state index in [1.165, 1.54) is 32.4 Å². The molecule has 0 atom stereocenters. The summed E-state index contributed by atoms with van der Waals surface area (Å²) in [6.07, 6.45) is 6.47. The van der Waals surface area contributed by atoms with E-state index < -0.39 is 0 Å². The predicted molar refractivity (Wildman–Crippen MR) is 83.8 cm³/mol. The molecule has 21 heavy (non-hydrogen) atoms. The Labute approximate surface area is 126 Å². The summed E-state index contributed by atoms with van der Waals surface area (Å²) >= 11 is 0. The molecule has 0 unspecified atom stereocenters. The van der Waals surface area contributed by atoms with Gasteiger partial charge in [0, 0.05) is 24.2 Å². The summed E-state index contributed by atoms with van der Waals surface area (Å²) in [5.74, 6) is 1.04. The Balaban J connectivity index is 1.49. The fourth-order valence-corrected chi connectivity index (χ4v) is 3.18. The number of nitrogens with one attached hydrogen (secondary N) is 1. The molecule has 1 aromatic rings. The number of rotatable bonds is 5. The van der Waals surface area contributed by atoms with Crippen LogP contribution in [0.5, 0.6) is 5.75 Å². The summed E-state index contributed by atoms with van der Waals surface area (Å²) in [4.78, 5) is 14.0. The lowest BCUT2D eigenvalue weighted by Crippen LogP contribution is -2.31. The lowest BCUT2D eigenvalue weighted by atomic mass is 10.0. The maximum atomic E-state index is 11.4. The molecule has 1 aromatic carbocycles. The number of carbonyl (C=O) groups excluding carboxylic acids is 1. The van der Waals surface area contributed by atoms with Crippen LogP contribution in [0.2, 0.25) is 0 Å². The van der Waals surface area contributed by atoms with E-state index in [1.54, 1.807) is 0 Å². The summed E-state index contributed by atoms with van der Waals surface area (Å²) in [7, 11) is 0. The van der Waals surface area contributed by atoms with Gasteiger partial charge in [0.15, 0.2) is 0 Å². The maximum absolute atomic E-state index is 11.4. The molecule has 1 N–H and O–H groups in total. The summed E-state index contributed by atoms with van der Waals surface area (Å²) in [5, 5.41) is 2.92. The number of anilines is 1. The minimum absolute atomic E-state index is 0.102. The van der Waals surface area contributed by atoms with E-state index in [2.05, 4.69) is 10.2 Å². The highest BCUT2D eigenvalue weighted by atomic mass is 16.5. The molecule has 1 amide bonds. The van der Waals surface area contributed by atoms with Gasteiger partial charge in [0.2, 0.25) is 5.91 Å². The molecule has 4 nitrogen and oxygen atoms in total. The average Bonchev–Trinajstić information content (AvgIpc) is 2.52. The van der Waals surface area contributed by atoms with Crippen molar-refractivity contribution in [3.63, 3.8) is 0 Å². The van der Waals surface area contributed by atoms with Gasteiger partial charge in [-0.15, -0.1) is 0 Å². The lowest BCUT2D eigenvalue weighted by Gasteiger charge is -2.26. The number of likely N-dealkylation sites (tertiary alicyclic amines) is 1. The number of carbonyl (C=O) groups is 1. The van der Waals surface area contributed by atoms with Gasteiger partial charge in [0.1, 0.15) is 5.75 Å². The van der Waals surface area contributed by atoms with Crippen molar-refractivity contribution >= 4 is 11.6 Å². The van der Waals surface area contributed by atoms with Crippen LogP contribution in [0.1, 0.15) is 37.7 Å². The molecule has 0 aliphatic carbocycles. The van der Waals surface area contributed by atoms with Crippen molar-refractivity contribution in [2.45, 2.75) is 38.5 Å². The van der Waals surface area contributed by atoms with E-state index in [0.29, 0.717) is 6.42 Å². The molecule has 0 bridgehead atoms. The Hall–Kier alpha value is -1.55. The Morgan fingerprint density at radius 2 is 2.00 bits per heavy atom. The first-order chi connectivity index (χ1) is 10.3. The first kappa shape index (κ1) is 14.4. The molecular weight excluding hydrogens is 264 g/mol. The van der Waals surface area contributed by atoms with Crippen LogP contribution in [0, 0.1) is 0 Å². The van der Waals surface area contributed by atoms with Gasteiger partial charge in [-0.25, -0.2) is 0 Å². The molecule has 2 aliphatic heterocycles. The highest BCUT2D eigenvalue weighted by Crippen LogP contribution is 2.31. The van der Waals surface area contributed by atoms with Gasteiger partial charge < -0.3 is 15.0 Å². The van der Waals surface area contributed by atoms with Crippen LogP contribution < -0.4 is 10.1 Å². The number of amides is 1. The van der Waals surface area contributed by atoms with E-state index >= 15 is 0 Å². The Kier molecular flexibility index (Phi) is 4.76. The van der Waals surface area contributed by atoms with Gasteiger partial charge in [-0.3, -0.25) is 4.79 Å². The van der Waals surface area contributed by atoms with E-state index in [1.807, 2.05) is 18.2 Å². The van der Waals surface area contributed by atoms with Crippen molar-refractivity contribution in [1.82, 2.24) is 4.90 Å². The minimum Gasteiger partial charge on any atom is -0.493 e. The highest BCUT2D eigenvalue weighted by molar-refractivity contribution is 5.94. The summed E-state index contributed by atoms with van der Waals surface area (Å²) < 4.78 is 5.95. The number of hydrogen-bond donors (Lipinski definition) is 1.